The number of ketones is 1. The molecule has 0 heterocycles. The molecule has 0 bridgehead atoms. The van der Waals surface area contributed by atoms with Gasteiger partial charge in [-0.25, -0.2) is 0 Å². The van der Waals surface area contributed by atoms with Gasteiger partial charge in [0.2, 0.25) is 0 Å². The number of ether oxygens (including phenoxy) is 2. The highest BCUT2D eigenvalue weighted by atomic mass is 16.5. The summed E-state index contributed by atoms with van der Waals surface area (Å²) in [6.45, 7) is 7.60. The summed E-state index contributed by atoms with van der Waals surface area (Å²) in [4.78, 5) is 22.2. The van der Waals surface area contributed by atoms with Gasteiger partial charge in [-0.05, 0) is 34.1 Å². The topological polar surface area (TPSA) is 72.8 Å². The predicted molar refractivity (Wildman–Crippen MR) is 67.6 cm³/mol. The van der Waals surface area contributed by atoms with Gasteiger partial charge in [-0.3, -0.25) is 9.59 Å². The summed E-state index contributed by atoms with van der Waals surface area (Å²) < 4.78 is 10.8. The van der Waals surface area contributed by atoms with E-state index in [9.17, 15) is 9.59 Å². The second kappa shape index (κ2) is 6.85. The van der Waals surface area contributed by atoms with Crippen LogP contribution in [0.1, 0.15) is 47.0 Å². The maximum atomic E-state index is 11.8. The number of hydrogen-bond donors (Lipinski definition) is 1. The van der Waals surface area contributed by atoms with Crippen LogP contribution in [-0.4, -0.2) is 41.8 Å². The van der Waals surface area contributed by atoms with E-state index in [-0.39, 0.29) is 24.2 Å². The van der Waals surface area contributed by atoms with Gasteiger partial charge in [-0.1, -0.05) is 0 Å². The lowest BCUT2D eigenvalue weighted by Crippen LogP contribution is -2.37. The number of carbonyl (C=O) groups excluding carboxylic acids is 1. The van der Waals surface area contributed by atoms with Gasteiger partial charge < -0.3 is 14.6 Å². The van der Waals surface area contributed by atoms with Crippen LogP contribution in [0, 0.1) is 0 Å². The molecule has 0 fully saturated rings. The molecule has 0 aliphatic rings. The average molecular weight is 260 g/mol. The Balaban J connectivity index is 4.14. The van der Waals surface area contributed by atoms with Crippen molar-refractivity contribution in [3.05, 3.63) is 0 Å². The molecule has 0 aromatic heterocycles. The second-order valence-corrected chi connectivity index (χ2v) is 5.39. The van der Waals surface area contributed by atoms with E-state index in [1.165, 1.54) is 0 Å². The molecule has 0 spiro atoms. The smallest absolute Gasteiger partial charge is 0.303 e. The fraction of sp³-hybridized carbons (Fsp3) is 0.846. The van der Waals surface area contributed by atoms with E-state index in [1.54, 1.807) is 21.0 Å². The zero-order valence-corrected chi connectivity index (χ0v) is 11.9. The molecule has 0 aliphatic heterocycles. The first kappa shape index (κ1) is 17.1. The number of Topliss-reactive ketones (excluding diaryl/α,β-unsaturated/α-hetero) is 1. The monoisotopic (exact) mass is 260 g/mol. The summed E-state index contributed by atoms with van der Waals surface area (Å²) in [6, 6.07) is 0. The Kier molecular flexibility index (Phi) is 6.49. The van der Waals surface area contributed by atoms with Crippen LogP contribution in [0.2, 0.25) is 0 Å². The number of aliphatic carboxylic acids is 1. The third-order valence-corrected chi connectivity index (χ3v) is 2.96. The Morgan fingerprint density at radius 2 is 1.67 bits per heavy atom. The summed E-state index contributed by atoms with van der Waals surface area (Å²) in [5.41, 5.74) is -1.24. The average Bonchev–Trinajstić information content (AvgIpc) is 2.25. The maximum absolute atomic E-state index is 11.8. The van der Waals surface area contributed by atoms with Crippen molar-refractivity contribution in [3.8, 4) is 0 Å². The molecule has 1 N–H and O–H groups in total. The largest absolute Gasteiger partial charge is 0.481 e. The van der Waals surface area contributed by atoms with Crippen molar-refractivity contribution in [3.63, 3.8) is 0 Å². The second-order valence-electron chi connectivity index (χ2n) is 5.39. The molecule has 0 saturated heterocycles. The van der Waals surface area contributed by atoms with Crippen molar-refractivity contribution >= 4 is 11.8 Å². The Morgan fingerprint density at radius 1 is 1.11 bits per heavy atom. The third-order valence-electron chi connectivity index (χ3n) is 2.96. The molecular formula is C13H24O5. The first-order valence-corrected chi connectivity index (χ1v) is 6.05. The summed E-state index contributed by atoms with van der Waals surface area (Å²) in [6.07, 6.45) is 0.504. The molecule has 0 unspecified atom stereocenters. The Morgan fingerprint density at radius 3 is 2.11 bits per heavy atom. The number of carboxylic acid groups (broad SMARTS) is 1. The van der Waals surface area contributed by atoms with Crippen molar-refractivity contribution in [2.24, 2.45) is 0 Å². The summed E-state index contributed by atoms with van der Waals surface area (Å²) >= 11 is 0. The van der Waals surface area contributed by atoms with Crippen LogP contribution in [0.4, 0.5) is 0 Å². The van der Waals surface area contributed by atoms with E-state index < -0.39 is 11.6 Å². The molecular weight excluding hydrogens is 236 g/mol. The zero-order chi connectivity index (χ0) is 14.4. The van der Waals surface area contributed by atoms with E-state index in [0.29, 0.717) is 13.0 Å². The normalized spacial score (nSPS) is 12.5. The lowest BCUT2D eigenvalue weighted by Gasteiger charge is -2.27. The van der Waals surface area contributed by atoms with Crippen molar-refractivity contribution < 1.29 is 24.2 Å². The minimum absolute atomic E-state index is 0.00396. The molecule has 106 valence electrons. The molecule has 0 atom stereocenters. The first-order chi connectivity index (χ1) is 8.10. The highest BCUT2D eigenvalue weighted by Gasteiger charge is 2.29. The van der Waals surface area contributed by atoms with Gasteiger partial charge >= 0.3 is 5.97 Å². The number of methoxy groups -OCH3 is 1. The molecule has 0 rings (SSSR count). The lowest BCUT2D eigenvalue weighted by atomic mass is 9.99. The summed E-state index contributed by atoms with van der Waals surface area (Å²) in [5, 5.41) is 8.53. The van der Waals surface area contributed by atoms with Crippen molar-refractivity contribution in [2.75, 3.05) is 13.7 Å². The van der Waals surface area contributed by atoms with Crippen molar-refractivity contribution in [1.82, 2.24) is 0 Å². The predicted octanol–water partition coefficient (Wildman–Crippen LogP) is 2.03. The molecule has 18 heavy (non-hydrogen) atoms. The Bertz CT molecular complexity index is 294. The third kappa shape index (κ3) is 6.71. The summed E-state index contributed by atoms with van der Waals surface area (Å²) in [7, 11) is 1.63. The van der Waals surface area contributed by atoms with E-state index >= 15 is 0 Å². The molecule has 0 aromatic carbocycles. The van der Waals surface area contributed by atoms with Crippen molar-refractivity contribution in [1.29, 1.82) is 0 Å². The molecule has 0 amide bonds. The van der Waals surface area contributed by atoms with Crippen LogP contribution in [-0.2, 0) is 19.1 Å². The van der Waals surface area contributed by atoms with Crippen LogP contribution in [0.15, 0.2) is 0 Å². The molecule has 5 nitrogen and oxygen atoms in total. The van der Waals surface area contributed by atoms with E-state index in [1.807, 2.05) is 13.8 Å². The Hall–Kier alpha value is -0.940. The molecule has 0 radical (unpaired) electrons. The van der Waals surface area contributed by atoms with Crippen LogP contribution < -0.4 is 0 Å². The van der Waals surface area contributed by atoms with Gasteiger partial charge in [-0.15, -0.1) is 0 Å². The molecule has 5 heteroatoms. The highest BCUT2D eigenvalue weighted by Crippen LogP contribution is 2.18. The zero-order valence-electron chi connectivity index (χ0n) is 11.9. The van der Waals surface area contributed by atoms with Crippen LogP contribution in [0.3, 0.4) is 0 Å². The van der Waals surface area contributed by atoms with Gasteiger partial charge in [0.1, 0.15) is 5.60 Å². The number of hydrogen-bond acceptors (Lipinski definition) is 4. The van der Waals surface area contributed by atoms with Crippen molar-refractivity contribution in [2.45, 2.75) is 58.2 Å². The fourth-order valence-corrected chi connectivity index (χ4v) is 1.26. The molecule has 0 saturated carbocycles. The Labute approximate surface area is 108 Å². The SMILES string of the molecule is COC(C)(C)CCOC(C)(C)C(=O)CCC(=O)O. The number of rotatable bonds is 9. The molecule has 0 aliphatic carbocycles. The first-order valence-electron chi connectivity index (χ1n) is 6.05. The van der Waals surface area contributed by atoms with Gasteiger partial charge in [0, 0.05) is 13.5 Å². The highest BCUT2D eigenvalue weighted by molar-refractivity contribution is 5.88. The van der Waals surface area contributed by atoms with Crippen LogP contribution in [0.5, 0.6) is 0 Å². The van der Waals surface area contributed by atoms with E-state index in [4.69, 9.17) is 14.6 Å². The fourth-order valence-electron chi connectivity index (χ4n) is 1.26. The number of carbonyl (C=O) groups is 2. The number of carboxylic acids is 1. The van der Waals surface area contributed by atoms with Crippen LogP contribution in [0.25, 0.3) is 0 Å². The quantitative estimate of drug-likeness (QED) is 0.686. The van der Waals surface area contributed by atoms with Gasteiger partial charge in [0.25, 0.3) is 0 Å². The van der Waals surface area contributed by atoms with Gasteiger partial charge in [0.05, 0.1) is 18.6 Å². The van der Waals surface area contributed by atoms with Crippen LogP contribution >= 0.6 is 0 Å². The van der Waals surface area contributed by atoms with E-state index in [2.05, 4.69) is 0 Å². The molecule has 0 aromatic rings. The van der Waals surface area contributed by atoms with Gasteiger partial charge in [0.15, 0.2) is 5.78 Å². The maximum Gasteiger partial charge on any atom is 0.303 e. The lowest BCUT2D eigenvalue weighted by molar-refractivity contribution is -0.146. The van der Waals surface area contributed by atoms with E-state index in [0.717, 1.165) is 0 Å². The van der Waals surface area contributed by atoms with Gasteiger partial charge in [-0.2, -0.15) is 0 Å². The minimum Gasteiger partial charge on any atom is -0.481 e. The minimum atomic E-state index is -0.973. The standard InChI is InChI=1S/C13H24O5/c1-12(2,17-5)8-9-18-13(3,4)10(14)6-7-11(15)16/h6-9H2,1-5H3,(H,15,16). The summed E-state index contributed by atoms with van der Waals surface area (Å²) in [5.74, 6) is -1.17.